The zero-order chi connectivity index (χ0) is 15.5. The third-order valence-electron chi connectivity index (χ3n) is 4.04. The summed E-state index contributed by atoms with van der Waals surface area (Å²) in [5.41, 5.74) is 5.53. The zero-order valence-corrected chi connectivity index (χ0v) is 13.9. The molecule has 2 saturated heterocycles. The van der Waals surface area contributed by atoms with E-state index in [1.54, 1.807) is 0 Å². The number of carbonyl (C=O) groups is 2. The van der Waals surface area contributed by atoms with E-state index in [1.165, 1.54) is 23.1 Å². The van der Waals surface area contributed by atoms with Gasteiger partial charge in [-0.2, -0.15) is 0 Å². The summed E-state index contributed by atoms with van der Waals surface area (Å²) in [7, 11) is 0. The molecule has 2 amide bonds. The van der Waals surface area contributed by atoms with Gasteiger partial charge >= 0.3 is 0 Å². The summed E-state index contributed by atoms with van der Waals surface area (Å²) in [6, 6.07) is 0.190. The van der Waals surface area contributed by atoms with E-state index in [4.69, 9.17) is 5.73 Å². The summed E-state index contributed by atoms with van der Waals surface area (Å²) < 4.78 is 0.717. The molecule has 0 radical (unpaired) electrons. The molecule has 2 aliphatic heterocycles. The molecule has 1 aromatic rings. The largest absolute Gasteiger partial charge is 0.374 e. The second-order valence-corrected chi connectivity index (χ2v) is 7.75. The first-order valence-corrected chi connectivity index (χ1v) is 9.22. The minimum absolute atomic E-state index is 0.0927. The van der Waals surface area contributed by atoms with E-state index in [9.17, 15) is 9.59 Å². The van der Waals surface area contributed by atoms with E-state index in [-0.39, 0.29) is 17.9 Å². The second kappa shape index (κ2) is 6.82. The Morgan fingerprint density at radius 2 is 2.23 bits per heavy atom. The average molecular weight is 341 g/mol. The van der Waals surface area contributed by atoms with Crippen LogP contribution >= 0.6 is 23.1 Å². The lowest BCUT2D eigenvalue weighted by Crippen LogP contribution is -2.50. The summed E-state index contributed by atoms with van der Waals surface area (Å²) in [5.74, 6) is 0.670. The van der Waals surface area contributed by atoms with Crippen LogP contribution in [0, 0.1) is 0 Å². The summed E-state index contributed by atoms with van der Waals surface area (Å²) in [6.45, 7) is 2.27. The van der Waals surface area contributed by atoms with Crippen LogP contribution in [0.5, 0.6) is 0 Å². The van der Waals surface area contributed by atoms with Crippen molar-refractivity contribution < 1.29 is 9.59 Å². The Kier molecular flexibility index (Phi) is 4.82. The molecule has 1 aromatic heterocycles. The van der Waals surface area contributed by atoms with Gasteiger partial charge in [-0.15, -0.1) is 10.2 Å². The van der Waals surface area contributed by atoms with E-state index in [0.717, 1.165) is 32.4 Å². The normalized spacial score (nSPS) is 22.4. The Morgan fingerprint density at radius 1 is 1.36 bits per heavy atom. The van der Waals surface area contributed by atoms with E-state index in [2.05, 4.69) is 10.2 Å². The molecule has 2 fully saturated rings. The number of nitrogens with two attached hydrogens (primary N) is 1. The van der Waals surface area contributed by atoms with Crippen molar-refractivity contribution in [1.82, 2.24) is 20.0 Å². The average Bonchev–Trinajstić information content (AvgIpc) is 3.13. The van der Waals surface area contributed by atoms with Crippen LogP contribution in [0.2, 0.25) is 0 Å². The van der Waals surface area contributed by atoms with Crippen LogP contribution in [0.25, 0.3) is 0 Å². The van der Waals surface area contributed by atoms with Gasteiger partial charge in [0.2, 0.25) is 16.9 Å². The molecule has 3 rings (SSSR count). The van der Waals surface area contributed by atoms with Gasteiger partial charge < -0.3 is 15.5 Å². The molecule has 0 bridgehead atoms. The van der Waals surface area contributed by atoms with Gasteiger partial charge in [0.25, 0.3) is 0 Å². The Balaban J connectivity index is 1.52. The number of anilines is 1. The van der Waals surface area contributed by atoms with Crippen LogP contribution in [-0.4, -0.2) is 63.2 Å². The number of aromatic nitrogens is 2. The quantitative estimate of drug-likeness (QED) is 0.815. The topological polar surface area (TPSA) is 92.4 Å². The first-order chi connectivity index (χ1) is 10.6. The Labute approximate surface area is 137 Å². The number of nitrogens with zero attached hydrogens (tertiary/aromatic N) is 4. The van der Waals surface area contributed by atoms with Crippen molar-refractivity contribution in [2.24, 2.45) is 0 Å². The number of hydrogen-bond acceptors (Lipinski definition) is 7. The van der Waals surface area contributed by atoms with Crippen LogP contribution < -0.4 is 5.73 Å². The molecule has 1 atom stereocenters. The molecule has 0 spiro atoms. The fraction of sp³-hybridized carbons (Fsp3) is 0.692. The van der Waals surface area contributed by atoms with Gasteiger partial charge in [0.05, 0.1) is 5.75 Å². The predicted molar refractivity (Wildman–Crippen MR) is 85.6 cm³/mol. The molecule has 22 heavy (non-hydrogen) atoms. The summed E-state index contributed by atoms with van der Waals surface area (Å²) in [6.07, 6.45) is 3.54. The number of rotatable bonds is 4. The highest BCUT2D eigenvalue weighted by molar-refractivity contribution is 8.01. The van der Waals surface area contributed by atoms with Crippen molar-refractivity contribution in [2.75, 3.05) is 31.1 Å². The summed E-state index contributed by atoms with van der Waals surface area (Å²) in [5, 5.41) is 8.06. The molecular formula is C13H19N5O2S2. The lowest BCUT2D eigenvalue weighted by Gasteiger charge is -2.37. The Bertz CT molecular complexity index is 564. The standard InChI is InChI=1S/C13H19N5O2S2/c14-12-15-16-13(22-12)21-8-11(20)17-5-1-3-9(7-17)18-6-2-4-10(18)19/h9H,1-8H2,(H2,14,15)/t9-/m1/s1. The highest BCUT2D eigenvalue weighted by Gasteiger charge is 2.32. The van der Waals surface area contributed by atoms with Gasteiger partial charge in [-0.05, 0) is 19.3 Å². The molecule has 2 N–H and O–H groups in total. The summed E-state index contributed by atoms with van der Waals surface area (Å²) >= 11 is 2.66. The molecule has 0 unspecified atom stereocenters. The number of amides is 2. The molecule has 120 valence electrons. The molecular weight excluding hydrogens is 322 g/mol. The van der Waals surface area contributed by atoms with Gasteiger partial charge in [-0.25, -0.2) is 0 Å². The maximum atomic E-state index is 12.3. The molecule has 3 heterocycles. The van der Waals surface area contributed by atoms with Crippen molar-refractivity contribution in [2.45, 2.75) is 36.1 Å². The Hall–Kier alpha value is -1.35. The van der Waals surface area contributed by atoms with Crippen LogP contribution in [0.4, 0.5) is 5.13 Å². The first-order valence-electron chi connectivity index (χ1n) is 7.42. The molecule has 0 saturated carbocycles. The lowest BCUT2D eigenvalue weighted by atomic mass is 10.0. The SMILES string of the molecule is Nc1nnc(SCC(=O)N2CCC[C@@H](N3CCCC3=O)C2)s1. The molecule has 7 nitrogen and oxygen atoms in total. The molecule has 0 aliphatic carbocycles. The fourth-order valence-electron chi connectivity index (χ4n) is 2.98. The van der Waals surface area contributed by atoms with Crippen LogP contribution in [0.15, 0.2) is 4.34 Å². The number of carbonyl (C=O) groups excluding carboxylic acids is 2. The first kappa shape index (κ1) is 15.5. The monoisotopic (exact) mass is 341 g/mol. The van der Waals surface area contributed by atoms with Gasteiger partial charge in [0.15, 0.2) is 4.34 Å². The summed E-state index contributed by atoms with van der Waals surface area (Å²) in [4.78, 5) is 28.0. The van der Waals surface area contributed by atoms with Gasteiger partial charge in [0, 0.05) is 32.1 Å². The van der Waals surface area contributed by atoms with Crippen molar-refractivity contribution in [3.63, 3.8) is 0 Å². The molecule has 0 aromatic carbocycles. The van der Waals surface area contributed by atoms with Gasteiger partial charge in [-0.1, -0.05) is 23.1 Å². The highest BCUT2D eigenvalue weighted by Crippen LogP contribution is 2.25. The van der Waals surface area contributed by atoms with Crippen molar-refractivity contribution >= 4 is 40.0 Å². The Morgan fingerprint density at radius 3 is 2.91 bits per heavy atom. The number of nitrogen functional groups attached to an aromatic ring is 1. The van der Waals surface area contributed by atoms with Crippen molar-refractivity contribution in [3.05, 3.63) is 0 Å². The number of hydrogen-bond donors (Lipinski definition) is 1. The van der Waals surface area contributed by atoms with E-state index < -0.39 is 0 Å². The second-order valence-electron chi connectivity index (χ2n) is 5.52. The van der Waals surface area contributed by atoms with Gasteiger partial charge in [0.1, 0.15) is 0 Å². The van der Waals surface area contributed by atoms with Crippen LogP contribution in [0.3, 0.4) is 0 Å². The van der Waals surface area contributed by atoms with Crippen molar-refractivity contribution in [1.29, 1.82) is 0 Å². The van der Waals surface area contributed by atoms with E-state index in [0.29, 0.717) is 28.2 Å². The smallest absolute Gasteiger partial charge is 0.233 e. The lowest BCUT2D eigenvalue weighted by molar-refractivity contribution is -0.135. The minimum Gasteiger partial charge on any atom is -0.374 e. The van der Waals surface area contributed by atoms with Crippen molar-refractivity contribution in [3.8, 4) is 0 Å². The van der Waals surface area contributed by atoms with Gasteiger partial charge in [-0.3, -0.25) is 9.59 Å². The maximum absolute atomic E-state index is 12.3. The fourth-order valence-corrected chi connectivity index (χ4v) is 4.52. The molecule has 9 heteroatoms. The third kappa shape index (κ3) is 3.52. The molecule has 2 aliphatic rings. The van der Waals surface area contributed by atoms with Crippen LogP contribution in [-0.2, 0) is 9.59 Å². The van der Waals surface area contributed by atoms with E-state index in [1.807, 2.05) is 9.80 Å². The van der Waals surface area contributed by atoms with E-state index >= 15 is 0 Å². The number of likely N-dealkylation sites (tertiary alicyclic amines) is 2. The number of thioether (sulfide) groups is 1. The predicted octanol–water partition coefficient (Wildman–Crippen LogP) is 0.826. The van der Waals surface area contributed by atoms with Crippen LogP contribution in [0.1, 0.15) is 25.7 Å². The maximum Gasteiger partial charge on any atom is 0.233 e. The number of piperidine rings is 1. The third-order valence-corrected chi connectivity index (χ3v) is 5.91. The minimum atomic E-state index is 0.0927. The highest BCUT2D eigenvalue weighted by atomic mass is 32.2. The zero-order valence-electron chi connectivity index (χ0n) is 12.2.